The molecule has 2 heterocycles. The maximum absolute atomic E-state index is 12.6. The number of hydrogen-bond acceptors (Lipinski definition) is 6. The van der Waals surface area contributed by atoms with Gasteiger partial charge in [0.2, 0.25) is 5.91 Å². The van der Waals surface area contributed by atoms with Gasteiger partial charge in [0.15, 0.2) is 0 Å². The van der Waals surface area contributed by atoms with Crippen LogP contribution in [-0.2, 0) is 14.3 Å². The van der Waals surface area contributed by atoms with Gasteiger partial charge in [0.1, 0.15) is 12.4 Å². The number of likely N-dealkylation sites (N-methyl/N-ethyl adjacent to an activating group) is 1. The van der Waals surface area contributed by atoms with E-state index in [1.54, 1.807) is 4.90 Å². The molecular weight excluding hydrogens is 378 g/mol. The SMILES string of the molecule is CN1C(=O)C2CCCCC2N=C1COC1CCC(CC2SC([O-])=NC2=O)CC1. The van der Waals surface area contributed by atoms with E-state index in [2.05, 4.69) is 4.99 Å². The smallest absolute Gasteiger partial charge is 0.259 e. The highest BCUT2D eigenvalue weighted by molar-refractivity contribution is 8.14. The Morgan fingerprint density at radius 3 is 2.61 bits per heavy atom. The first-order valence-electron chi connectivity index (χ1n) is 10.4. The molecule has 154 valence electrons. The molecule has 4 rings (SSSR count). The molecule has 0 N–H and O–H groups in total. The number of amides is 2. The summed E-state index contributed by atoms with van der Waals surface area (Å²) in [5.74, 6) is 1.20. The third-order valence-corrected chi connectivity index (χ3v) is 7.56. The van der Waals surface area contributed by atoms with Crippen molar-refractivity contribution in [3.8, 4) is 0 Å². The molecule has 3 unspecified atom stereocenters. The Labute approximate surface area is 170 Å². The van der Waals surface area contributed by atoms with Crippen LogP contribution in [0.15, 0.2) is 9.98 Å². The van der Waals surface area contributed by atoms with Crippen molar-refractivity contribution in [1.82, 2.24) is 4.90 Å². The molecule has 2 aliphatic heterocycles. The van der Waals surface area contributed by atoms with Crippen molar-refractivity contribution in [1.29, 1.82) is 0 Å². The van der Waals surface area contributed by atoms with Crippen LogP contribution in [0.3, 0.4) is 0 Å². The van der Waals surface area contributed by atoms with Crippen molar-refractivity contribution >= 4 is 34.6 Å². The van der Waals surface area contributed by atoms with Crippen LogP contribution in [0.5, 0.6) is 0 Å². The normalized spacial score (nSPS) is 36.2. The van der Waals surface area contributed by atoms with Gasteiger partial charge in [-0.1, -0.05) is 12.8 Å². The molecular formula is C20H28N3O4S-. The van der Waals surface area contributed by atoms with Crippen LogP contribution in [0, 0.1) is 11.8 Å². The lowest BCUT2D eigenvalue weighted by Gasteiger charge is -2.37. The molecule has 2 amide bonds. The average Bonchev–Trinajstić information content (AvgIpc) is 3.01. The maximum atomic E-state index is 12.6. The van der Waals surface area contributed by atoms with Gasteiger partial charge in [-0.25, -0.2) is 4.99 Å². The summed E-state index contributed by atoms with van der Waals surface area (Å²) in [7, 11) is 1.81. The van der Waals surface area contributed by atoms with E-state index in [4.69, 9.17) is 9.73 Å². The number of aliphatic imine (C=N–C) groups is 2. The number of nitrogens with zero attached hydrogens (tertiary/aromatic N) is 3. The maximum Gasteiger partial charge on any atom is 0.259 e. The Bertz CT molecular complexity index is 687. The quantitative estimate of drug-likeness (QED) is 0.693. The first-order valence-corrected chi connectivity index (χ1v) is 11.3. The molecule has 28 heavy (non-hydrogen) atoms. The van der Waals surface area contributed by atoms with Crippen LogP contribution in [0.4, 0.5) is 0 Å². The minimum Gasteiger partial charge on any atom is -0.854 e. The van der Waals surface area contributed by atoms with Crippen molar-refractivity contribution in [2.24, 2.45) is 21.8 Å². The lowest BCUT2D eigenvalue weighted by molar-refractivity contribution is -0.205. The highest BCUT2D eigenvalue weighted by Crippen LogP contribution is 2.35. The fraction of sp³-hybridized carbons (Fsp3) is 0.800. The molecule has 0 aromatic heterocycles. The molecule has 2 aliphatic carbocycles. The molecule has 8 heteroatoms. The number of ether oxygens (including phenoxy) is 1. The first-order chi connectivity index (χ1) is 13.5. The van der Waals surface area contributed by atoms with E-state index in [-0.39, 0.29) is 40.4 Å². The number of hydrogen-bond donors (Lipinski definition) is 0. The van der Waals surface area contributed by atoms with Crippen molar-refractivity contribution in [2.75, 3.05) is 13.7 Å². The summed E-state index contributed by atoms with van der Waals surface area (Å²) in [6, 6.07) is 0.140. The van der Waals surface area contributed by atoms with Gasteiger partial charge in [-0.2, -0.15) is 0 Å². The Hall–Kier alpha value is -1.41. The number of fused-ring (bicyclic) bond motifs is 1. The van der Waals surface area contributed by atoms with Crippen molar-refractivity contribution in [2.45, 2.75) is 75.2 Å². The molecule has 2 fully saturated rings. The number of rotatable bonds is 5. The molecule has 0 saturated heterocycles. The van der Waals surface area contributed by atoms with Gasteiger partial charge < -0.3 is 14.7 Å². The molecule has 0 spiro atoms. The second kappa shape index (κ2) is 8.53. The largest absolute Gasteiger partial charge is 0.854 e. The van der Waals surface area contributed by atoms with Crippen molar-refractivity contribution < 1.29 is 19.4 Å². The van der Waals surface area contributed by atoms with E-state index in [9.17, 15) is 14.7 Å². The second-order valence-corrected chi connectivity index (χ2v) is 9.57. The molecule has 3 atom stereocenters. The molecule has 0 aromatic carbocycles. The zero-order chi connectivity index (χ0) is 19.7. The Kier molecular flexibility index (Phi) is 6.06. The number of carbonyl (C=O) groups is 2. The first kappa shape index (κ1) is 19.9. The Balaban J connectivity index is 1.24. The van der Waals surface area contributed by atoms with E-state index in [1.165, 1.54) is 0 Å². The molecule has 0 aromatic rings. The van der Waals surface area contributed by atoms with E-state index in [0.29, 0.717) is 12.5 Å². The topological polar surface area (TPSA) is 94.4 Å². The van der Waals surface area contributed by atoms with Crippen LogP contribution < -0.4 is 5.11 Å². The molecule has 2 saturated carbocycles. The van der Waals surface area contributed by atoms with Crippen LogP contribution in [0.2, 0.25) is 0 Å². The lowest BCUT2D eigenvalue weighted by Crippen LogP contribution is -2.49. The Morgan fingerprint density at radius 2 is 1.89 bits per heavy atom. The summed E-state index contributed by atoms with van der Waals surface area (Å²) < 4.78 is 6.11. The fourth-order valence-corrected chi connectivity index (χ4v) is 5.79. The highest BCUT2D eigenvalue weighted by Gasteiger charge is 2.38. The molecule has 4 aliphatic rings. The summed E-state index contributed by atoms with van der Waals surface area (Å²) in [5, 5.41) is 10.6. The van der Waals surface area contributed by atoms with Gasteiger partial charge in [0.05, 0.1) is 23.3 Å². The predicted octanol–water partition coefficient (Wildman–Crippen LogP) is 1.74. The zero-order valence-corrected chi connectivity index (χ0v) is 17.2. The van der Waals surface area contributed by atoms with Gasteiger partial charge in [-0.05, 0) is 50.9 Å². The van der Waals surface area contributed by atoms with Gasteiger partial charge in [0, 0.05) is 12.3 Å². The van der Waals surface area contributed by atoms with Crippen LogP contribution >= 0.6 is 11.8 Å². The summed E-state index contributed by atoms with van der Waals surface area (Å²) in [4.78, 5) is 34.3. The third-order valence-electron chi connectivity index (χ3n) is 6.59. The molecule has 0 radical (unpaired) electrons. The predicted molar refractivity (Wildman–Crippen MR) is 106 cm³/mol. The van der Waals surface area contributed by atoms with E-state index in [0.717, 1.165) is 75.4 Å². The van der Waals surface area contributed by atoms with Gasteiger partial charge in [0.25, 0.3) is 5.91 Å². The van der Waals surface area contributed by atoms with Crippen LogP contribution in [0.25, 0.3) is 0 Å². The average molecular weight is 407 g/mol. The van der Waals surface area contributed by atoms with E-state index < -0.39 is 0 Å². The van der Waals surface area contributed by atoms with Crippen LogP contribution in [-0.4, -0.2) is 58.8 Å². The highest BCUT2D eigenvalue weighted by atomic mass is 32.2. The number of amidine groups is 1. The minimum atomic E-state index is -0.348. The van der Waals surface area contributed by atoms with Gasteiger partial charge >= 0.3 is 0 Å². The number of thioether (sulfide) groups is 1. The third kappa shape index (κ3) is 4.27. The lowest BCUT2D eigenvalue weighted by atomic mass is 9.83. The monoisotopic (exact) mass is 406 g/mol. The Morgan fingerprint density at radius 1 is 1.14 bits per heavy atom. The van der Waals surface area contributed by atoms with Crippen molar-refractivity contribution in [3.63, 3.8) is 0 Å². The van der Waals surface area contributed by atoms with Gasteiger partial charge in [-0.15, -0.1) is 11.8 Å². The zero-order valence-electron chi connectivity index (χ0n) is 16.3. The van der Waals surface area contributed by atoms with Crippen LogP contribution in [0.1, 0.15) is 57.8 Å². The minimum absolute atomic E-state index is 0.0627. The standard InChI is InChI=1S/C20H29N3O4S/c1-23-17(21-15-5-3-2-4-14(15)19(23)25)11-27-13-8-6-12(7-9-13)10-16-18(24)22-20(26)28-16/h12-16H,2-11H2,1H3,(H,22,24,26)/p-1. The fourth-order valence-electron chi connectivity index (χ4n) is 4.88. The summed E-state index contributed by atoms with van der Waals surface area (Å²) in [5.41, 5.74) is 0. The summed E-state index contributed by atoms with van der Waals surface area (Å²) in [6.07, 6.45) is 9.02. The van der Waals surface area contributed by atoms with E-state index in [1.807, 2.05) is 7.05 Å². The molecule has 7 nitrogen and oxygen atoms in total. The van der Waals surface area contributed by atoms with Gasteiger partial charge in [-0.3, -0.25) is 14.6 Å². The number of carbonyl (C=O) groups excluding carboxylic acids is 2. The van der Waals surface area contributed by atoms with Crippen molar-refractivity contribution in [3.05, 3.63) is 0 Å². The molecule has 0 bridgehead atoms. The summed E-state index contributed by atoms with van der Waals surface area (Å²) >= 11 is 1.07. The van der Waals surface area contributed by atoms with E-state index >= 15 is 0 Å². The second-order valence-electron chi connectivity index (χ2n) is 8.41. The summed E-state index contributed by atoms with van der Waals surface area (Å²) in [6.45, 7) is 0.394.